The zero-order chi connectivity index (χ0) is 10.6. The van der Waals surface area contributed by atoms with E-state index in [1.54, 1.807) is 0 Å². The second-order valence-electron chi connectivity index (χ2n) is 2.88. The van der Waals surface area contributed by atoms with E-state index in [-0.39, 0.29) is 0 Å². The van der Waals surface area contributed by atoms with E-state index in [4.69, 9.17) is 21.1 Å². The molecule has 0 aromatic heterocycles. The van der Waals surface area contributed by atoms with Crippen LogP contribution in [0.1, 0.15) is 6.92 Å². The van der Waals surface area contributed by atoms with Gasteiger partial charge in [0.15, 0.2) is 5.78 Å². The molecule has 0 aliphatic rings. The average molecular weight is 193 g/mol. The van der Waals surface area contributed by atoms with Gasteiger partial charge in [0.1, 0.15) is 18.8 Å². The molecule has 0 saturated heterocycles. The molecule has 13 heavy (non-hydrogen) atoms. The van der Waals surface area contributed by atoms with Crippen molar-refractivity contribution in [3.8, 4) is 0 Å². The molecule has 0 rings (SSSR count). The Morgan fingerprint density at radius 1 is 1.38 bits per heavy atom. The zero-order valence-electron chi connectivity index (χ0n) is 7.29. The van der Waals surface area contributed by atoms with Crippen LogP contribution in [0.4, 0.5) is 0 Å². The predicted octanol–water partition coefficient (Wildman–Crippen LogP) is -3.02. The summed E-state index contributed by atoms with van der Waals surface area (Å²) in [7, 11) is 0. The van der Waals surface area contributed by atoms with Crippen LogP contribution in [-0.2, 0) is 4.79 Å². The first kappa shape index (κ1) is 12.5. The number of aliphatic hydroxyl groups excluding tert-OH is 4. The Balaban J connectivity index is 4.24. The molecular formula is C7H15NO5. The number of nitrogens with two attached hydrogens (primary N) is 1. The number of hydrogen-bond acceptors (Lipinski definition) is 6. The Hall–Kier alpha value is -0.530. The summed E-state index contributed by atoms with van der Waals surface area (Å²) in [5.74, 6) is -0.927. The van der Waals surface area contributed by atoms with Gasteiger partial charge in [0, 0.05) is 0 Å². The van der Waals surface area contributed by atoms with Crippen LogP contribution in [0.15, 0.2) is 0 Å². The van der Waals surface area contributed by atoms with Crippen LogP contribution in [0.25, 0.3) is 0 Å². The first-order valence-corrected chi connectivity index (χ1v) is 3.85. The summed E-state index contributed by atoms with van der Waals surface area (Å²) < 4.78 is 0. The molecule has 0 amide bonds. The van der Waals surface area contributed by atoms with Crippen molar-refractivity contribution < 1.29 is 25.2 Å². The highest BCUT2D eigenvalue weighted by molar-refractivity contribution is 5.84. The van der Waals surface area contributed by atoms with Crippen LogP contribution in [-0.4, -0.2) is 57.2 Å². The molecule has 0 radical (unpaired) electrons. The number of carbonyl (C=O) groups excluding carboxylic acids is 1. The van der Waals surface area contributed by atoms with Gasteiger partial charge >= 0.3 is 0 Å². The second-order valence-corrected chi connectivity index (χ2v) is 2.88. The number of hydrogen-bond donors (Lipinski definition) is 5. The molecule has 0 aromatic rings. The van der Waals surface area contributed by atoms with Crippen molar-refractivity contribution in [1.29, 1.82) is 0 Å². The fourth-order valence-electron chi connectivity index (χ4n) is 0.780. The molecule has 0 saturated carbocycles. The van der Waals surface area contributed by atoms with Gasteiger partial charge in [-0.15, -0.1) is 0 Å². The monoisotopic (exact) mass is 193 g/mol. The van der Waals surface area contributed by atoms with Crippen molar-refractivity contribution in [1.82, 2.24) is 0 Å². The Kier molecular flexibility index (Phi) is 5.04. The van der Waals surface area contributed by atoms with E-state index in [9.17, 15) is 9.90 Å². The molecule has 4 atom stereocenters. The maximum atomic E-state index is 10.7. The van der Waals surface area contributed by atoms with Gasteiger partial charge in [-0.1, -0.05) is 0 Å². The molecule has 6 heteroatoms. The van der Waals surface area contributed by atoms with E-state index in [0.29, 0.717) is 0 Å². The van der Waals surface area contributed by atoms with Crippen molar-refractivity contribution >= 4 is 5.78 Å². The van der Waals surface area contributed by atoms with Gasteiger partial charge < -0.3 is 26.2 Å². The summed E-state index contributed by atoms with van der Waals surface area (Å²) in [5, 5.41) is 35.5. The molecule has 4 unspecified atom stereocenters. The van der Waals surface area contributed by atoms with E-state index in [0.717, 1.165) is 0 Å². The molecule has 0 spiro atoms. The molecule has 78 valence electrons. The molecule has 0 aliphatic carbocycles. The Labute approximate surface area is 75.6 Å². The standard InChI is InChI=1S/C7H15NO5/c1-3(10)5(8)7(13)6(12)4(11)2-9/h3,5-7,9-10,12-13H,2,8H2,1H3. The zero-order valence-corrected chi connectivity index (χ0v) is 7.29. The topological polar surface area (TPSA) is 124 Å². The summed E-state index contributed by atoms with van der Waals surface area (Å²) in [4.78, 5) is 10.7. The highest BCUT2D eigenvalue weighted by Crippen LogP contribution is 2.03. The van der Waals surface area contributed by atoms with Gasteiger partial charge in [0.2, 0.25) is 0 Å². The number of Topliss-reactive ketones (excluding diaryl/α,β-unsaturated/α-hetero) is 1. The fourth-order valence-corrected chi connectivity index (χ4v) is 0.780. The third kappa shape index (κ3) is 3.37. The Morgan fingerprint density at radius 3 is 2.15 bits per heavy atom. The summed E-state index contributed by atoms with van der Waals surface area (Å²) in [6.07, 6.45) is -4.37. The van der Waals surface area contributed by atoms with Gasteiger partial charge in [-0.3, -0.25) is 4.79 Å². The highest BCUT2D eigenvalue weighted by atomic mass is 16.3. The predicted molar refractivity (Wildman–Crippen MR) is 43.8 cm³/mol. The van der Waals surface area contributed by atoms with E-state index in [2.05, 4.69) is 0 Å². The van der Waals surface area contributed by atoms with Gasteiger partial charge in [0.05, 0.1) is 12.1 Å². The maximum Gasteiger partial charge on any atom is 0.189 e. The van der Waals surface area contributed by atoms with Crippen LogP contribution in [0.5, 0.6) is 0 Å². The van der Waals surface area contributed by atoms with Gasteiger partial charge in [0.25, 0.3) is 0 Å². The molecule has 6 N–H and O–H groups in total. The minimum absolute atomic E-state index is 0.870. The fraction of sp³-hybridized carbons (Fsp3) is 0.857. The SMILES string of the molecule is CC(O)C(N)C(O)C(O)C(=O)CO. The van der Waals surface area contributed by atoms with Gasteiger partial charge in [-0.25, -0.2) is 0 Å². The summed E-state index contributed by atoms with van der Waals surface area (Å²) in [6.45, 7) is 0.453. The first-order valence-electron chi connectivity index (χ1n) is 3.85. The molecule has 0 bridgehead atoms. The van der Waals surface area contributed by atoms with Crippen molar-refractivity contribution in [2.75, 3.05) is 6.61 Å². The van der Waals surface area contributed by atoms with Crippen molar-refractivity contribution in [2.24, 2.45) is 5.73 Å². The lowest BCUT2D eigenvalue weighted by Crippen LogP contribution is -2.52. The molecular weight excluding hydrogens is 178 g/mol. The summed E-state index contributed by atoms with van der Waals surface area (Å²) >= 11 is 0. The summed E-state index contributed by atoms with van der Waals surface area (Å²) in [5.41, 5.74) is 5.26. The minimum atomic E-state index is -1.76. The smallest absolute Gasteiger partial charge is 0.189 e. The third-order valence-electron chi connectivity index (χ3n) is 1.76. The molecule has 0 aliphatic heterocycles. The van der Waals surface area contributed by atoms with Crippen LogP contribution in [0.2, 0.25) is 0 Å². The third-order valence-corrected chi connectivity index (χ3v) is 1.76. The van der Waals surface area contributed by atoms with Crippen molar-refractivity contribution in [3.63, 3.8) is 0 Å². The van der Waals surface area contributed by atoms with E-state index in [1.165, 1.54) is 6.92 Å². The van der Waals surface area contributed by atoms with Crippen LogP contribution < -0.4 is 5.73 Å². The van der Waals surface area contributed by atoms with E-state index < -0.39 is 36.7 Å². The van der Waals surface area contributed by atoms with Gasteiger partial charge in [-0.2, -0.15) is 0 Å². The minimum Gasteiger partial charge on any atom is -0.392 e. The largest absolute Gasteiger partial charge is 0.392 e. The molecule has 0 aromatic carbocycles. The second kappa shape index (κ2) is 5.25. The maximum absolute atomic E-state index is 10.7. The average Bonchev–Trinajstić information content (AvgIpc) is 2.12. The first-order chi connectivity index (χ1) is 5.91. The van der Waals surface area contributed by atoms with Crippen LogP contribution >= 0.6 is 0 Å². The lowest BCUT2D eigenvalue weighted by molar-refractivity contribution is -0.137. The van der Waals surface area contributed by atoms with E-state index >= 15 is 0 Å². The number of rotatable bonds is 5. The number of carbonyl (C=O) groups is 1. The lowest BCUT2D eigenvalue weighted by atomic mass is 9.99. The van der Waals surface area contributed by atoms with Crippen LogP contribution in [0.3, 0.4) is 0 Å². The summed E-state index contributed by atoms with van der Waals surface area (Å²) in [6, 6.07) is -1.12. The quantitative estimate of drug-likeness (QED) is 0.316. The number of ketones is 1. The van der Waals surface area contributed by atoms with E-state index in [1.807, 2.05) is 0 Å². The number of aliphatic hydroxyl groups is 4. The molecule has 6 nitrogen and oxygen atoms in total. The molecule has 0 fully saturated rings. The van der Waals surface area contributed by atoms with Crippen molar-refractivity contribution in [3.05, 3.63) is 0 Å². The highest BCUT2D eigenvalue weighted by Gasteiger charge is 2.30. The van der Waals surface area contributed by atoms with Gasteiger partial charge in [-0.05, 0) is 6.92 Å². The lowest BCUT2D eigenvalue weighted by Gasteiger charge is -2.24. The van der Waals surface area contributed by atoms with Crippen LogP contribution in [0, 0.1) is 0 Å². The van der Waals surface area contributed by atoms with Crippen molar-refractivity contribution in [2.45, 2.75) is 31.3 Å². The Bertz CT molecular complexity index is 172. The normalized spacial score (nSPS) is 20.5. The Morgan fingerprint density at radius 2 is 1.85 bits per heavy atom. The molecule has 0 heterocycles.